The second kappa shape index (κ2) is 10.9. The number of hydrogen-bond donors (Lipinski definition) is 3. The number of primary amides is 1. The van der Waals surface area contributed by atoms with Crippen LogP contribution in [0.1, 0.15) is 37.8 Å². The summed E-state index contributed by atoms with van der Waals surface area (Å²) < 4.78 is 10.4. The molecule has 170 valence electrons. The highest BCUT2D eigenvalue weighted by atomic mass is 16.5. The van der Waals surface area contributed by atoms with Crippen molar-refractivity contribution in [1.82, 2.24) is 0 Å². The van der Waals surface area contributed by atoms with E-state index in [2.05, 4.69) is 5.32 Å². The standard InChI is InChI=1S/C25H25N3O5/c1-32-21-12-8-19(9-13-21)25(31)33-15-16-2-4-17(5-3-16)22(14-26)24(30)28-20-10-6-18(7-11-20)23(27)29/h2-13,22H,14-15,26H2,1H3,(H2,27,29)(H,28,30). The van der Waals surface area contributed by atoms with Gasteiger partial charge in [0.05, 0.1) is 18.6 Å². The molecule has 0 bridgehead atoms. The lowest BCUT2D eigenvalue weighted by Gasteiger charge is -2.16. The minimum atomic E-state index is -0.572. The highest BCUT2D eigenvalue weighted by molar-refractivity contribution is 5.97. The monoisotopic (exact) mass is 447 g/mol. The van der Waals surface area contributed by atoms with Gasteiger partial charge in [-0.25, -0.2) is 4.79 Å². The average Bonchev–Trinajstić information content (AvgIpc) is 2.84. The number of carbonyl (C=O) groups is 3. The Hall–Kier alpha value is -4.17. The van der Waals surface area contributed by atoms with Crippen LogP contribution >= 0.6 is 0 Å². The first kappa shape index (κ1) is 23.5. The molecule has 0 aliphatic carbocycles. The van der Waals surface area contributed by atoms with E-state index in [1.165, 1.54) is 12.1 Å². The Kier molecular flexibility index (Phi) is 7.77. The Morgan fingerprint density at radius 1 is 0.879 bits per heavy atom. The summed E-state index contributed by atoms with van der Waals surface area (Å²) in [6.45, 7) is 0.202. The van der Waals surface area contributed by atoms with Crippen LogP contribution in [0.25, 0.3) is 0 Å². The maximum atomic E-state index is 12.7. The summed E-state index contributed by atoms with van der Waals surface area (Å²) in [5.41, 5.74) is 13.9. The van der Waals surface area contributed by atoms with Crippen molar-refractivity contribution in [3.8, 4) is 5.75 Å². The zero-order chi connectivity index (χ0) is 23.8. The van der Waals surface area contributed by atoms with Crippen molar-refractivity contribution in [3.05, 3.63) is 95.1 Å². The number of amides is 2. The number of anilines is 1. The van der Waals surface area contributed by atoms with Crippen molar-refractivity contribution in [2.75, 3.05) is 19.0 Å². The summed E-state index contributed by atoms with van der Waals surface area (Å²) in [6.07, 6.45) is 0. The lowest BCUT2D eigenvalue weighted by Crippen LogP contribution is -2.27. The van der Waals surface area contributed by atoms with Crippen LogP contribution in [0.15, 0.2) is 72.8 Å². The molecule has 0 aliphatic rings. The Morgan fingerprint density at radius 3 is 2.03 bits per heavy atom. The van der Waals surface area contributed by atoms with E-state index in [0.717, 1.165) is 11.1 Å². The summed E-state index contributed by atoms with van der Waals surface area (Å²) >= 11 is 0. The largest absolute Gasteiger partial charge is 0.497 e. The van der Waals surface area contributed by atoms with E-state index in [9.17, 15) is 14.4 Å². The number of rotatable bonds is 9. The molecule has 3 rings (SSSR count). The highest BCUT2D eigenvalue weighted by Crippen LogP contribution is 2.20. The summed E-state index contributed by atoms with van der Waals surface area (Å²) in [5.74, 6) is -1.17. The molecule has 5 N–H and O–H groups in total. The molecule has 1 unspecified atom stereocenters. The zero-order valence-corrected chi connectivity index (χ0v) is 18.1. The van der Waals surface area contributed by atoms with Gasteiger partial charge in [-0.05, 0) is 59.7 Å². The molecule has 0 aliphatic heterocycles. The molecule has 0 fully saturated rings. The third-order valence-electron chi connectivity index (χ3n) is 5.07. The highest BCUT2D eigenvalue weighted by Gasteiger charge is 2.19. The Balaban J connectivity index is 1.59. The van der Waals surface area contributed by atoms with Gasteiger partial charge in [-0.1, -0.05) is 24.3 Å². The molecular formula is C25H25N3O5. The molecular weight excluding hydrogens is 422 g/mol. The van der Waals surface area contributed by atoms with Crippen LogP contribution in [0.3, 0.4) is 0 Å². The van der Waals surface area contributed by atoms with E-state index >= 15 is 0 Å². The maximum absolute atomic E-state index is 12.7. The molecule has 8 heteroatoms. The van der Waals surface area contributed by atoms with Crippen LogP contribution in [-0.4, -0.2) is 31.4 Å². The van der Waals surface area contributed by atoms with Gasteiger partial charge >= 0.3 is 5.97 Å². The van der Waals surface area contributed by atoms with Crippen molar-refractivity contribution in [3.63, 3.8) is 0 Å². The van der Waals surface area contributed by atoms with Gasteiger partial charge in [0.2, 0.25) is 11.8 Å². The lowest BCUT2D eigenvalue weighted by atomic mass is 9.97. The number of benzene rings is 3. The summed E-state index contributed by atoms with van der Waals surface area (Å²) in [5, 5.41) is 2.79. The van der Waals surface area contributed by atoms with E-state index in [1.54, 1.807) is 67.8 Å². The van der Waals surface area contributed by atoms with Gasteiger partial charge in [0.15, 0.2) is 0 Å². The second-order valence-electron chi connectivity index (χ2n) is 7.27. The van der Waals surface area contributed by atoms with Crippen molar-refractivity contribution in [2.24, 2.45) is 11.5 Å². The van der Waals surface area contributed by atoms with E-state index in [4.69, 9.17) is 20.9 Å². The summed E-state index contributed by atoms with van der Waals surface area (Å²) in [4.78, 5) is 36.1. The second-order valence-corrected chi connectivity index (χ2v) is 7.27. The average molecular weight is 447 g/mol. The maximum Gasteiger partial charge on any atom is 0.338 e. The number of hydrogen-bond acceptors (Lipinski definition) is 6. The van der Waals surface area contributed by atoms with Gasteiger partial charge in [-0.3, -0.25) is 9.59 Å². The van der Waals surface area contributed by atoms with Gasteiger partial charge < -0.3 is 26.3 Å². The molecule has 1 atom stereocenters. The zero-order valence-electron chi connectivity index (χ0n) is 18.1. The van der Waals surface area contributed by atoms with E-state index in [-0.39, 0.29) is 19.1 Å². The van der Waals surface area contributed by atoms with Gasteiger partial charge in [0.25, 0.3) is 0 Å². The molecule has 33 heavy (non-hydrogen) atoms. The first-order valence-corrected chi connectivity index (χ1v) is 10.2. The number of esters is 1. The number of ether oxygens (including phenoxy) is 2. The first-order valence-electron chi connectivity index (χ1n) is 10.2. The quantitative estimate of drug-likeness (QED) is 0.432. The van der Waals surface area contributed by atoms with Crippen LogP contribution < -0.4 is 21.5 Å². The molecule has 0 heterocycles. The van der Waals surface area contributed by atoms with Crippen molar-refractivity contribution >= 4 is 23.5 Å². The van der Waals surface area contributed by atoms with E-state index in [0.29, 0.717) is 22.6 Å². The molecule has 3 aromatic rings. The van der Waals surface area contributed by atoms with Crippen molar-refractivity contribution < 1.29 is 23.9 Å². The number of nitrogens with one attached hydrogen (secondary N) is 1. The normalized spacial score (nSPS) is 11.3. The molecule has 8 nitrogen and oxygen atoms in total. The summed E-state index contributed by atoms with van der Waals surface area (Å²) in [7, 11) is 1.55. The SMILES string of the molecule is COc1ccc(C(=O)OCc2ccc(C(CN)C(=O)Nc3ccc(C(N)=O)cc3)cc2)cc1. The van der Waals surface area contributed by atoms with Crippen LogP contribution in [-0.2, 0) is 16.1 Å². The fourth-order valence-electron chi connectivity index (χ4n) is 3.15. The molecule has 2 amide bonds. The minimum absolute atomic E-state index is 0.0941. The van der Waals surface area contributed by atoms with E-state index < -0.39 is 17.8 Å². The number of methoxy groups -OCH3 is 1. The fraction of sp³-hybridized carbons (Fsp3) is 0.160. The summed E-state index contributed by atoms with van der Waals surface area (Å²) in [6, 6.07) is 20.1. The minimum Gasteiger partial charge on any atom is -0.497 e. The van der Waals surface area contributed by atoms with Crippen LogP contribution in [0.4, 0.5) is 5.69 Å². The third-order valence-corrected chi connectivity index (χ3v) is 5.07. The van der Waals surface area contributed by atoms with Crippen LogP contribution in [0, 0.1) is 0 Å². The Labute approximate surface area is 191 Å². The Morgan fingerprint density at radius 2 is 1.48 bits per heavy atom. The number of nitrogens with two attached hydrogens (primary N) is 2. The van der Waals surface area contributed by atoms with Crippen molar-refractivity contribution in [2.45, 2.75) is 12.5 Å². The third kappa shape index (κ3) is 6.18. The molecule has 0 spiro atoms. The topological polar surface area (TPSA) is 134 Å². The van der Waals surface area contributed by atoms with Gasteiger partial charge in [0.1, 0.15) is 12.4 Å². The molecule has 0 radical (unpaired) electrons. The fourth-order valence-corrected chi connectivity index (χ4v) is 3.15. The molecule has 0 saturated carbocycles. The molecule has 0 saturated heterocycles. The lowest BCUT2D eigenvalue weighted by molar-refractivity contribution is -0.117. The van der Waals surface area contributed by atoms with Gasteiger partial charge in [-0.2, -0.15) is 0 Å². The predicted molar refractivity (Wildman–Crippen MR) is 124 cm³/mol. The van der Waals surface area contributed by atoms with Crippen molar-refractivity contribution in [1.29, 1.82) is 0 Å². The molecule has 0 aromatic heterocycles. The number of carbonyl (C=O) groups excluding carboxylic acids is 3. The van der Waals surface area contributed by atoms with Gasteiger partial charge in [0, 0.05) is 17.8 Å². The first-order chi connectivity index (χ1) is 15.9. The predicted octanol–water partition coefficient (Wildman–Crippen LogP) is 2.83. The van der Waals surface area contributed by atoms with E-state index in [1.807, 2.05) is 0 Å². The smallest absolute Gasteiger partial charge is 0.338 e. The van der Waals surface area contributed by atoms with Crippen LogP contribution in [0.2, 0.25) is 0 Å². The van der Waals surface area contributed by atoms with Gasteiger partial charge in [-0.15, -0.1) is 0 Å². The van der Waals surface area contributed by atoms with Crippen LogP contribution in [0.5, 0.6) is 5.75 Å². The Bertz CT molecular complexity index is 1110. The molecule has 3 aromatic carbocycles.